The standard InChI is InChI=1S/C8H16O6/c1-2-13-8-7(12)6(11)5(10)4(3-9)14-8/h4-12H,2-3H2,1H3/t4?,5-,6-,7+,8+/m0/s1. The van der Waals surface area contributed by atoms with Crippen LogP contribution in [0.3, 0.4) is 0 Å². The van der Waals surface area contributed by atoms with E-state index >= 15 is 0 Å². The summed E-state index contributed by atoms with van der Waals surface area (Å²) in [5, 5.41) is 36.9. The number of aliphatic hydroxyl groups excluding tert-OH is 4. The Morgan fingerprint density at radius 2 is 1.79 bits per heavy atom. The van der Waals surface area contributed by atoms with Crippen LogP contribution in [0.4, 0.5) is 0 Å². The molecule has 0 aliphatic carbocycles. The Labute approximate surface area is 81.7 Å². The SMILES string of the molecule is CCO[C@@H]1OC(CO)[C@H](O)[C@H](O)[C@H]1O. The Hall–Kier alpha value is -0.240. The fourth-order valence-corrected chi connectivity index (χ4v) is 1.37. The van der Waals surface area contributed by atoms with E-state index in [1.807, 2.05) is 0 Å². The van der Waals surface area contributed by atoms with Gasteiger partial charge in [0.1, 0.15) is 24.4 Å². The molecule has 0 bridgehead atoms. The highest BCUT2D eigenvalue weighted by Crippen LogP contribution is 2.21. The summed E-state index contributed by atoms with van der Waals surface area (Å²) in [7, 11) is 0. The monoisotopic (exact) mass is 208 g/mol. The van der Waals surface area contributed by atoms with Gasteiger partial charge in [-0.25, -0.2) is 0 Å². The molecule has 1 aliphatic heterocycles. The van der Waals surface area contributed by atoms with Crippen molar-refractivity contribution in [3.63, 3.8) is 0 Å². The Balaban J connectivity index is 2.63. The third kappa shape index (κ3) is 2.22. The molecule has 0 radical (unpaired) electrons. The zero-order chi connectivity index (χ0) is 10.7. The Morgan fingerprint density at radius 1 is 1.14 bits per heavy atom. The van der Waals surface area contributed by atoms with Crippen LogP contribution in [0.15, 0.2) is 0 Å². The van der Waals surface area contributed by atoms with E-state index in [0.29, 0.717) is 6.61 Å². The van der Waals surface area contributed by atoms with Crippen LogP contribution in [-0.4, -0.2) is 64.3 Å². The number of aliphatic hydroxyl groups is 4. The van der Waals surface area contributed by atoms with Gasteiger partial charge in [0.2, 0.25) is 0 Å². The van der Waals surface area contributed by atoms with E-state index in [0.717, 1.165) is 0 Å². The summed E-state index contributed by atoms with van der Waals surface area (Å²) in [5.74, 6) is 0. The van der Waals surface area contributed by atoms with Crippen LogP contribution in [0.5, 0.6) is 0 Å². The molecule has 0 aromatic heterocycles. The van der Waals surface area contributed by atoms with Crippen LogP contribution in [0.2, 0.25) is 0 Å². The number of rotatable bonds is 3. The molecule has 0 amide bonds. The van der Waals surface area contributed by atoms with Crippen LogP contribution in [0, 0.1) is 0 Å². The second-order valence-corrected chi connectivity index (χ2v) is 3.15. The Bertz CT molecular complexity index is 171. The van der Waals surface area contributed by atoms with Gasteiger partial charge in [-0.05, 0) is 6.92 Å². The smallest absolute Gasteiger partial charge is 0.186 e. The molecule has 6 nitrogen and oxygen atoms in total. The number of hydrogen-bond acceptors (Lipinski definition) is 6. The highest BCUT2D eigenvalue weighted by atomic mass is 16.7. The van der Waals surface area contributed by atoms with E-state index in [1.165, 1.54) is 0 Å². The van der Waals surface area contributed by atoms with Crippen molar-refractivity contribution in [1.29, 1.82) is 0 Å². The summed E-state index contributed by atoms with van der Waals surface area (Å²) in [6.45, 7) is 1.58. The lowest BCUT2D eigenvalue weighted by atomic mass is 9.99. The van der Waals surface area contributed by atoms with E-state index < -0.39 is 37.3 Å². The normalized spacial score (nSPS) is 43.9. The van der Waals surface area contributed by atoms with Gasteiger partial charge < -0.3 is 29.9 Å². The van der Waals surface area contributed by atoms with Crippen LogP contribution in [0.1, 0.15) is 6.92 Å². The average molecular weight is 208 g/mol. The second kappa shape index (κ2) is 5.01. The maximum Gasteiger partial charge on any atom is 0.186 e. The highest BCUT2D eigenvalue weighted by molar-refractivity contribution is 4.88. The van der Waals surface area contributed by atoms with Crippen molar-refractivity contribution >= 4 is 0 Å². The van der Waals surface area contributed by atoms with E-state index in [-0.39, 0.29) is 0 Å². The Morgan fingerprint density at radius 3 is 2.29 bits per heavy atom. The topological polar surface area (TPSA) is 99.4 Å². The predicted molar refractivity (Wildman–Crippen MR) is 45.4 cm³/mol. The van der Waals surface area contributed by atoms with Crippen molar-refractivity contribution in [2.75, 3.05) is 13.2 Å². The molecule has 1 heterocycles. The van der Waals surface area contributed by atoms with E-state index in [2.05, 4.69) is 0 Å². The van der Waals surface area contributed by atoms with Gasteiger partial charge in [0.05, 0.1) is 6.61 Å². The van der Waals surface area contributed by atoms with Crippen molar-refractivity contribution in [2.45, 2.75) is 37.6 Å². The van der Waals surface area contributed by atoms with E-state index in [4.69, 9.17) is 14.6 Å². The minimum absolute atomic E-state index is 0.308. The molecule has 6 heteroatoms. The fraction of sp³-hybridized carbons (Fsp3) is 1.00. The van der Waals surface area contributed by atoms with Crippen LogP contribution < -0.4 is 0 Å². The zero-order valence-corrected chi connectivity index (χ0v) is 7.91. The lowest BCUT2D eigenvalue weighted by Gasteiger charge is -2.39. The first-order valence-corrected chi connectivity index (χ1v) is 4.54. The maximum absolute atomic E-state index is 9.41. The molecule has 1 aliphatic rings. The molecule has 0 saturated carbocycles. The molecule has 0 aromatic rings. The molecule has 4 N–H and O–H groups in total. The third-order valence-corrected chi connectivity index (χ3v) is 2.18. The third-order valence-electron chi connectivity index (χ3n) is 2.18. The van der Waals surface area contributed by atoms with Gasteiger partial charge in [-0.1, -0.05) is 0 Å². The van der Waals surface area contributed by atoms with Crippen molar-refractivity contribution < 1.29 is 29.9 Å². The van der Waals surface area contributed by atoms with Gasteiger partial charge in [0.25, 0.3) is 0 Å². The first-order valence-electron chi connectivity index (χ1n) is 4.54. The van der Waals surface area contributed by atoms with Crippen molar-refractivity contribution in [2.24, 2.45) is 0 Å². The number of hydrogen-bond donors (Lipinski definition) is 4. The largest absolute Gasteiger partial charge is 0.394 e. The minimum atomic E-state index is -1.36. The van der Waals surface area contributed by atoms with E-state index in [1.54, 1.807) is 6.92 Å². The zero-order valence-electron chi connectivity index (χ0n) is 7.91. The van der Waals surface area contributed by atoms with Gasteiger partial charge in [-0.15, -0.1) is 0 Å². The summed E-state index contributed by atoms with van der Waals surface area (Å²) in [4.78, 5) is 0. The van der Waals surface area contributed by atoms with Gasteiger partial charge in [0.15, 0.2) is 6.29 Å². The maximum atomic E-state index is 9.41. The summed E-state index contributed by atoms with van der Waals surface area (Å²) < 4.78 is 10.0. The lowest BCUT2D eigenvalue weighted by molar-refractivity contribution is -0.300. The molecule has 5 atom stereocenters. The quantitative estimate of drug-likeness (QED) is 0.421. The van der Waals surface area contributed by atoms with Crippen LogP contribution in [0.25, 0.3) is 0 Å². The van der Waals surface area contributed by atoms with Crippen molar-refractivity contribution in [1.82, 2.24) is 0 Å². The minimum Gasteiger partial charge on any atom is -0.394 e. The fourth-order valence-electron chi connectivity index (χ4n) is 1.37. The lowest BCUT2D eigenvalue weighted by Crippen LogP contribution is -2.59. The molecular formula is C8H16O6. The predicted octanol–water partition coefficient (Wildman–Crippen LogP) is -2.18. The van der Waals surface area contributed by atoms with Gasteiger partial charge >= 0.3 is 0 Å². The summed E-state index contributed by atoms with van der Waals surface area (Å²) in [6.07, 6.45) is -5.89. The second-order valence-electron chi connectivity index (χ2n) is 3.15. The Kier molecular flexibility index (Phi) is 4.24. The molecule has 1 rings (SSSR count). The summed E-state index contributed by atoms with van der Waals surface area (Å²) in [5.41, 5.74) is 0. The molecule has 1 saturated heterocycles. The highest BCUT2D eigenvalue weighted by Gasteiger charge is 2.43. The van der Waals surface area contributed by atoms with Gasteiger partial charge in [0, 0.05) is 6.61 Å². The molecular weight excluding hydrogens is 192 g/mol. The molecule has 0 aromatic carbocycles. The summed E-state index contributed by atoms with van der Waals surface area (Å²) in [6, 6.07) is 0. The van der Waals surface area contributed by atoms with Gasteiger partial charge in [-0.3, -0.25) is 0 Å². The summed E-state index contributed by atoms with van der Waals surface area (Å²) >= 11 is 0. The molecule has 84 valence electrons. The average Bonchev–Trinajstić information content (AvgIpc) is 2.19. The van der Waals surface area contributed by atoms with Crippen molar-refractivity contribution in [3.05, 3.63) is 0 Å². The molecule has 1 fully saturated rings. The van der Waals surface area contributed by atoms with Crippen LogP contribution >= 0.6 is 0 Å². The number of ether oxygens (including phenoxy) is 2. The molecule has 0 spiro atoms. The molecule has 14 heavy (non-hydrogen) atoms. The first kappa shape index (κ1) is 11.8. The molecule has 1 unspecified atom stereocenters. The van der Waals surface area contributed by atoms with E-state index in [9.17, 15) is 15.3 Å². The van der Waals surface area contributed by atoms with Crippen LogP contribution in [-0.2, 0) is 9.47 Å². The van der Waals surface area contributed by atoms with Gasteiger partial charge in [-0.2, -0.15) is 0 Å². The first-order chi connectivity index (χ1) is 6.61. The van der Waals surface area contributed by atoms with Crippen molar-refractivity contribution in [3.8, 4) is 0 Å².